The van der Waals surface area contributed by atoms with Gasteiger partial charge in [-0.25, -0.2) is 14.4 Å². The van der Waals surface area contributed by atoms with Gasteiger partial charge in [-0.05, 0) is 30.7 Å². The van der Waals surface area contributed by atoms with Crippen LogP contribution in [0, 0.1) is 6.92 Å². The number of carbonyl (C=O) groups is 3. The van der Waals surface area contributed by atoms with Crippen LogP contribution in [0.3, 0.4) is 0 Å². The number of amides is 4. The van der Waals surface area contributed by atoms with Gasteiger partial charge in [0.1, 0.15) is 0 Å². The molecule has 1 rings (SSSR count). The molecule has 20 heavy (non-hydrogen) atoms. The minimum atomic E-state index is -1.02. The number of aromatic carboxylic acids is 1. The lowest BCUT2D eigenvalue weighted by atomic mass is 10.1. The molecule has 0 heterocycles. The number of carboxylic acid groups (broad SMARTS) is 1. The molecule has 0 saturated heterocycles. The third-order valence-electron chi connectivity index (χ3n) is 2.42. The Morgan fingerprint density at radius 2 is 1.85 bits per heavy atom. The number of primary amides is 1. The average Bonchev–Trinajstić information content (AvgIpc) is 2.34. The highest BCUT2D eigenvalue weighted by molar-refractivity contribution is 5.92. The first kappa shape index (κ1) is 15.3. The molecule has 8 nitrogen and oxygen atoms in total. The van der Waals surface area contributed by atoms with Crippen molar-refractivity contribution in [2.24, 2.45) is 5.73 Å². The van der Waals surface area contributed by atoms with Crippen LogP contribution in [0.4, 0.5) is 15.3 Å². The fourth-order valence-corrected chi connectivity index (χ4v) is 1.52. The second kappa shape index (κ2) is 6.98. The number of benzene rings is 1. The Labute approximate surface area is 115 Å². The van der Waals surface area contributed by atoms with E-state index in [4.69, 9.17) is 10.8 Å². The van der Waals surface area contributed by atoms with E-state index in [-0.39, 0.29) is 18.7 Å². The maximum atomic E-state index is 11.5. The summed E-state index contributed by atoms with van der Waals surface area (Å²) in [5.41, 5.74) is 6.07. The summed E-state index contributed by atoms with van der Waals surface area (Å²) in [6.45, 7) is 2.09. The Kier molecular flexibility index (Phi) is 5.33. The minimum absolute atomic E-state index is 0.182. The Balaban J connectivity index is 2.48. The fraction of sp³-hybridized carbons (Fsp3) is 0.250. The second-order valence-electron chi connectivity index (χ2n) is 4.01. The Hall–Kier alpha value is -2.77. The molecule has 108 valence electrons. The van der Waals surface area contributed by atoms with Gasteiger partial charge in [-0.2, -0.15) is 0 Å². The van der Waals surface area contributed by atoms with E-state index in [1.54, 1.807) is 13.0 Å². The molecule has 0 aliphatic heterocycles. The van der Waals surface area contributed by atoms with Crippen molar-refractivity contribution in [2.75, 3.05) is 18.4 Å². The lowest BCUT2D eigenvalue weighted by molar-refractivity contribution is 0.0696. The van der Waals surface area contributed by atoms with Gasteiger partial charge in [0.15, 0.2) is 0 Å². The third-order valence-corrected chi connectivity index (χ3v) is 2.42. The van der Waals surface area contributed by atoms with E-state index in [1.165, 1.54) is 12.1 Å². The second-order valence-corrected chi connectivity index (χ2v) is 4.01. The first-order valence-electron chi connectivity index (χ1n) is 5.82. The predicted octanol–water partition coefficient (Wildman–Crippen LogP) is 0.483. The number of nitrogens with one attached hydrogen (secondary N) is 3. The van der Waals surface area contributed by atoms with Crippen molar-refractivity contribution in [3.63, 3.8) is 0 Å². The molecule has 0 aliphatic rings. The first-order valence-corrected chi connectivity index (χ1v) is 5.82. The summed E-state index contributed by atoms with van der Waals surface area (Å²) in [4.78, 5) is 32.7. The minimum Gasteiger partial charge on any atom is -0.478 e. The van der Waals surface area contributed by atoms with Crippen LogP contribution in [0.2, 0.25) is 0 Å². The van der Waals surface area contributed by atoms with Gasteiger partial charge in [0.2, 0.25) is 0 Å². The van der Waals surface area contributed by atoms with Crippen LogP contribution in [0.5, 0.6) is 0 Å². The van der Waals surface area contributed by atoms with Gasteiger partial charge in [-0.15, -0.1) is 0 Å². The summed E-state index contributed by atoms with van der Waals surface area (Å²) >= 11 is 0. The largest absolute Gasteiger partial charge is 0.478 e. The molecule has 0 atom stereocenters. The molecule has 0 spiro atoms. The summed E-state index contributed by atoms with van der Waals surface area (Å²) in [5, 5.41) is 16.3. The maximum absolute atomic E-state index is 11.5. The van der Waals surface area contributed by atoms with Crippen molar-refractivity contribution >= 4 is 23.7 Å². The molecule has 0 aliphatic carbocycles. The van der Waals surface area contributed by atoms with Gasteiger partial charge < -0.3 is 26.8 Å². The first-order chi connectivity index (χ1) is 9.40. The number of hydrogen-bond acceptors (Lipinski definition) is 3. The molecule has 6 N–H and O–H groups in total. The van der Waals surface area contributed by atoms with Crippen molar-refractivity contribution in [1.82, 2.24) is 10.6 Å². The Morgan fingerprint density at radius 1 is 1.20 bits per heavy atom. The van der Waals surface area contributed by atoms with Crippen molar-refractivity contribution in [1.29, 1.82) is 0 Å². The Bertz CT molecular complexity index is 530. The molecule has 0 aromatic heterocycles. The van der Waals surface area contributed by atoms with E-state index >= 15 is 0 Å². The highest BCUT2D eigenvalue weighted by atomic mass is 16.4. The molecule has 1 aromatic carbocycles. The van der Waals surface area contributed by atoms with Crippen molar-refractivity contribution < 1.29 is 19.5 Å². The van der Waals surface area contributed by atoms with E-state index in [1.807, 2.05) is 0 Å². The molecule has 0 fully saturated rings. The van der Waals surface area contributed by atoms with E-state index in [0.29, 0.717) is 11.3 Å². The summed E-state index contributed by atoms with van der Waals surface area (Å²) in [5.74, 6) is -1.02. The van der Waals surface area contributed by atoms with Gasteiger partial charge in [-0.3, -0.25) is 0 Å². The number of nitrogens with two attached hydrogens (primary N) is 1. The van der Waals surface area contributed by atoms with Gasteiger partial charge in [0.25, 0.3) is 0 Å². The zero-order valence-corrected chi connectivity index (χ0v) is 10.9. The lowest BCUT2D eigenvalue weighted by Gasteiger charge is -2.09. The summed E-state index contributed by atoms with van der Waals surface area (Å²) in [6, 6.07) is 3.36. The van der Waals surface area contributed by atoms with Crippen LogP contribution in [0.25, 0.3) is 0 Å². The van der Waals surface area contributed by atoms with Crippen molar-refractivity contribution in [3.05, 3.63) is 29.3 Å². The number of carboxylic acids is 1. The molecular formula is C12H16N4O4. The van der Waals surface area contributed by atoms with Crippen LogP contribution < -0.4 is 21.7 Å². The summed E-state index contributed by atoms with van der Waals surface area (Å²) in [7, 11) is 0. The maximum Gasteiger partial charge on any atom is 0.335 e. The van der Waals surface area contributed by atoms with E-state index in [9.17, 15) is 14.4 Å². The number of anilines is 1. The predicted molar refractivity (Wildman–Crippen MR) is 72.7 cm³/mol. The molecular weight excluding hydrogens is 264 g/mol. The average molecular weight is 280 g/mol. The number of aryl methyl sites for hydroxylation is 1. The SMILES string of the molecule is Cc1cc(NC(=O)NCCNC(N)=O)ccc1C(=O)O. The zero-order chi connectivity index (χ0) is 15.1. The van der Waals surface area contributed by atoms with Crippen LogP contribution >= 0.6 is 0 Å². The molecule has 0 saturated carbocycles. The molecule has 4 amide bonds. The number of hydrogen-bond donors (Lipinski definition) is 5. The quantitative estimate of drug-likeness (QED) is 0.501. The fourth-order valence-electron chi connectivity index (χ4n) is 1.52. The summed E-state index contributed by atoms with van der Waals surface area (Å²) < 4.78 is 0. The molecule has 0 unspecified atom stereocenters. The monoisotopic (exact) mass is 280 g/mol. The number of carbonyl (C=O) groups excluding carboxylic acids is 2. The van der Waals surface area contributed by atoms with Crippen LogP contribution in [-0.2, 0) is 0 Å². The standard InChI is InChI=1S/C12H16N4O4/c1-7-6-8(2-3-9(7)10(17)18)16-12(20)15-5-4-14-11(13)19/h2-3,6H,4-5H2,1H3,(H,17,18)(H3,13,14,19)(H2,15,16,20). The number of urea groups is 2. The number of rotatable bonds is 5. The highest BCUT2D eigenvalue weighted by Gasteiger charge is 2.08. The Morgan fingerprint density at radius 3 is 2.40 bits per heavy atom. The third kappa shape index (κ3) is 4.84. The van der Waals surface area contributed by atoms with Gasteiger partial charge in [0, 0.05) is 18.8 Å². The van der Waals surface area contributed by atoms with Crippen molar-refractivity contribution in [2.45, 2.75) is 6.92 Å². The van der Waals surface area contributed by atoms with Crippen LogP contribution in [0.1, 0.15) is 15.9 Å². The van der Waals surface area contributed by atoms with E-state index in [0.717, 1.165) is 0 Å². The van der Waals surface area contributed by atoms with Gasteiger partial charge in [-0.1, -0.05) is 0 Å². The summed E-state index contributed by atoms with van der Waals surface area (Å²) in [6.07, 6.45) is 0. The topological polar surface area (TPSA) is 134 Å². The van der Waals surface area contributed by atoms with Crippen molar-refractivity contribution in [3.8, 4) is 0 Å². The van der Waals surface area contributed by atoms with E-state index in [2.05, 4.69) is 16.0 Å². The molecule has 0 radical (unpaired) electrons. The normalized spacial score (nSPS) is 9.65. The van der Waals surface area contributed by atoms with Crippen LogP contribution in [-0.4, -0.2) is 36.2 Å². The smallest absolute Gasteiger partial charge is 0.335 e. The molecule has 1 aromatic rings. The van der Waals surface area contributed by atoms with E-state index < -0.39 is 18.0 Å². The van der Waals surface area contributed by atoms with Gasteiger partial charge >= 0.3 is 18.0 Å². The van der Waals surface area contributed by atoms with Crippen LogP contribution in [0.15, 0.2) is 18.2 Å². The molecule has 0 bridgehead atoms. The zero-order valence-electron chi connectivity index (χ0n) is 10.9. The lowest BCUT2D eigenvalue weighted by Crippen LogP contribution is -2.38. The highest BCUT2D eigenvalue weighted by Crippen LogP contribution is 2.14. The van der Waals surface area contributed by atoms with Gasteiger partial charge in [0.05, 0.1) is 5.56 Å². The molecule has 8 heteroatoms.